The lowest BCUT2D eigenvalue weighted by atomic mass is 10.3. The summed E-state index contributed by atoms with van der Waals surface area (Å²) >= 11 is 0.524. The Labute approximate surface area is 144 Å². The lowest BCUT2D eigenvalue weighted by Gasteiger charge is -2.34. The van der Waals surface area contributed by atoms with E-state index in [1.165, 1.54) is 0 Å². The van der Waals surface area contributed by atoms with Crippen LogP contribution in [0.4, 0.5) is 34.5 Å². The Morgan fingerprint density at radius 3 is 2.28 bits per heavy atom. The van der Waals surface area contributed by atoms with Gasteiger partial charge in [0.15, 0.2) is 11.6 Å². The number of nitrogens with zero attached hydrogens (tertiary/aromatic N) is 7. The molecule has 0 radical (unpaired) electrons. The Morgan fingerprint density at radius 1 is 1.08 bits per heavy atom. The average molecular weight is 377 g/mol. The van der Waals surface area contributed by atoms with Crippen molar-refractivity contribution in [2.24, 2.45) is 0 Å². The molecule has 1 saturated heterocycles. The van der Waals surface area contributed by atoms with Crippen LogP contribution in [0.3, 0.4) is 0 Å². The van der Waals surface area contributed by atoms with Gasteiger partial charge in [0.2, 0.25) is 16.1 Å². The molecule has 0 bridgehead atoms. The molecule has 3 heterocycles. The first kappa shape index (κ1) is 17.6. The van der Waals surface area contributed by atoms with Gasteiger partial charge >= 0.3 is 6.18 Å². The van der Waals surface area contributed by atoms with Crippen molar-refractivity contribution in [3.05, 3.63) is 17.0 Å². The molecule has 1 aliphatic heterocycles. The Hall–Kier alpha value is -2.24. The van der Waals surface area contributed by atoms with Gasteiger partial charge in [0.25, 0.3) is 0 Å². The minimum absolute atomic E-state index is 0.186. The second kappa shape index (κ2) is 6.58. The van der Waals surface area contributed by atoms with Crippen molar-refractivity contribution in [3.63, 3.8) is 0 Å². The molecule has 0 aliphatic carbocycles. The molecule has 0 saturated carbocycles. The van der Waals surface area contributed by atoms with Gasteiger partial charge in [0.05, 0.1) is 6.20 Å². The number of hydrogen-bond donors (Lipinski definition) is 0. The van der Waals surface area contributed by atoms with Crippen LogP contribution in [0.1, 0.15) is 5.01 Å². The predicted molar refractivity (Wildman–Crippen MR) is 85.7 cm³/mol. The minimum atomic E-state index is -4.48. The Morgan fingerprint density at radius 2 is 1.72 bits per heavy atom. The fraction of sp³-hybridized carbons (Fsp3) is 0.538. The first-order valence-electron chi connectivity index (χ1n) is 7.36. The smallest absolute Gasteiger partial charge is 0.360 e. The molecular formula is C13H15F4N7S. The fourth-order valence-electron chi connectivity index (χ4n) is 2.37. The van der Waals surface area contributed by atoms with Crippen molar-refractivity contribution >= 4 is 28.2 Å². The number of piperazine rings is 1. The van der Waals surface area contributed by atoms with Crippen molar-refractivity contribution < 1.29 is 17.6 Å². The summed E-state index contributed by atoms with van der Waals surface area (Å²) in [4.78, 5) is 13.3. The molecule has 0 spiro atoms. The summed E-state index contributed by atoms with van der Waals surface area (Å²) in [5.41, 5.74) is 0. The summed E-state index contributed by atoms with van der Waals surface area (Å²) in [5, 5.41) is 6.10. The number of rotatable bonds is 3. The molecule has 2 aromatic heterocycles. The molecule has 12 heteroatoms. The topological polar surface area (TPSA) is 61.3 Å². The molecule has 136 valence electrons. The molecule has 0 atom stereocenters. The number of alkyl halides is 3. The van der Waals surface area contributed by atoms with E-state index < -0.39 is 17.0 Å². The third-order valence-corrected chi connectivity index (χ3v) is 4.66. The molecule has 0 N–H and O–H groups in total. The monoisotopic (exact) mass is 377 g/mol. The van der Waals surface area contributed by atoms with Crippen LogP contribution in [0.15, 0.2) is 6.20 Å². The molecule has 0 aromatic carbocycles. The van der Waals surface area contributed by atoms with Gasteiger partial charge in [-0.25, -0.2) is 9.37 Å². The Bertz CT molecular complexity index is 740. The van der Waals surface area contributed by atoms with Crippen LogP contribution in [0.25, 0.3) is 0 Å². The fourth-order valence-corrected chi connectivity index (χ4v) is 3.13. The summed E-state index contributed by atoms with van der Waals surface area (Å²) in [6.45, 7) is 1.87. The quantitative estimate of drug-likeness (QED) is 0.757. The highest BCUT2D eigenvalue weighted by atomic mass is 32.1. The highest BCUT2D eigenvalue weighted by Gasteiger charge is 2.36. The van der Waals surface area contributed by atoms with E-state index in [9.17, 15) is 17.6 Å². The van der Waals surface area contributed by atoms with Crippen LogP contribution in [0.2, 0.25) is 0 Å². The van der Waals surface area contributed by atoms with Crippen molar-refractivity contribution in [2.75, 3.05) is 55.0 Å². The molecule has 2 aromatic rings. The number of anilines is 3. The second-order valence-corrected chi connectivity index (χ2v) is 6.55. The number of aromatic nitrogens is 4. The van der Waals surface area contributed by atoms with Crippen LogP contribution >= 0.6 is 11.3 Å². The first-order chi connectivity index (χ1) is 11.8. The summed E-state index contributed by atoms with van der Waals surface area (Å²) < 4.78 is 51.5. The molecule has 1 aliphatic rings. The number of halogens is 4. The largest absolute Gasteiger partial charge is 0.445 e. The maximum atomic E-state index is 13.7. The van der Waals surface area contributed by atoms with Crippen molar-refractivity contribution in [1.29, 1.82) is 0 Å². The predicted octanol–water partition coefficient (Wildman–Crippen LogP) is 1.88. The van der Waals surface area contributed by atoms with Gasteiger partial charge in [-0.2, -0.15) is 18.2 Å². The van der Waals surface area contributed by atoms with Gasteiger partial charge in [-0.3, -0.25) is 0 Å². The lowest BCUT2D eigenvalue weighted by molar-refractivity contribution is -0.138. The molecule has 7 nitrogen and oxygen atoms in total. The SMILES string of the molecule is CN(C)c1nc(N2CCN(c3nnc(C(F)(F)F)s3)CC2)ncc1F. The third kappa shape index (κ3) is 3.72. The standard InChI is InChI=1S/C13H15F4N7S/c1-22(2)9-8(14)7-18-11(19-9)23-3-5-24(6-4-23)12-21-20-10(25-12)13(15,16)17/h7H,3-6H2,1-2H3. The average Bonchev–Trinajstić information content (AvgIpc) is 3.05. The van der Waals surface area contributed by atoms with E-state index in [-0.39, 0.29) is 10.9 Å². The van der Waals surface area contributed by atoms with E-state index in [2.05, 4.69) is 20.2 Å². The molecule has 0 unspecified atom stereocenters. The van der Waals surface area contributed by atoms with E-state index in [4.69, 9.17) is 0 Å². The summed E-state index contributed by atoms with van der Waals surface area (Å²) in [6.07, 6.45) is -3.37. The Balaban J connectivity index is 1.68. The molecular weight excluding hydrogens is 362 g/mol. The van der Waals surface area contributed by atoms with Gasteiger partial charge in [0, 0.05) is 40.3 Å². The van der Waals surface area contributed by atoms with Gasteiger partial charge < -0.3 is 14.7 Å². The summed E-state index contributed by atoms with van der Waals surface area (Å²) in [5.74, 6) is 0.0605. The normalized spacial score (nSPS) is 15.6. The van der Waals surface area contributed by atoms with E-state index in [1.807, 2.05) is 4.90 Å². The van der Waals surface area contributed by atoms with Crippen LogP contribution < -0.4 is 14.7 Å². The van der Waals surface area contributed by atoms with Gasteiger partial charge in [-0.15, -0.1) is 10.2 Å². The van der Waals surface area contributed by atoms with Gasteiger partial charge in [0.1, 0.15) is 0 Å². The van der Waals surface area contributed by atoms with Crippen LogP contribution in [-0.2, 0) is 6.18 Å². The van der Waals surface area contributed by atoms with E-state index in [0.717, 1.165) is 6.20 Å². The van der Waals surface area contributed by atoms with E-state index in [0.29, 0.717) is 43.5 Å². The van der Waals surface area contributed by atoms with Crippen molar-refractivity contribution in [3.8, 4) is 0 Å². The highest BCUT2D eigenvalue weighted by Crippen LogP contribution is 2.34. The maximum absolute atomic E-state index is 13.7. The van der Waals surface area contributed by atoms with Gasteiger partial charge in [-0.05, 0) is 0 Å². The zero-order chi connectivity index (χ0) is 18.2. The summed E-state index contributed by atoms with van der Waals surface area (Å²) in [6, 6.07) is 0. The van der Waals surface area contributed by atoms with Crippen molar-refractivity contribution in [2.45, 2.75) is 6.18 Å². The minimum Gasteiger partial charge on any atom is -0.360 e. The molecule has 0 amide bonds. The molecule has 3 rings (SSSR count). The third-order valence-electron chi connectivity index (χ3n) is 3.63. The lowest BCUT2D eigenvalue weighted by Crippen LogP contribution is -2.47. The second-order valence-electron chi connectivity index (χ2n) is 5.60. The first-order valence-corrected chi connectivity index (χ1v) is 8.18. The van der Waals surface area contributed by atoms with Crippen molar-refractivity contribution in [1.82, 2.24) is 20.2 Å². The number of hydrogen-bond acceptors (Lipinski definition) is 8. The van der Waals surface area contributed by atoms with Gasteiger partial charge in [-0.1, -0.05) is 11.3 Å². The van der Waals surface area contributed by atoms with E-state index in [1.54, 1.807) is 23.9 Å². The van der Waals surface area contributed by atoms with Crippen LogP contribution in [0.5, 0.6) is 0 Å². The van der Waals surface area contributed by atoms with Crippen LogP contribution in [0, 0.1) is 5.82 Å². The van der Waals surface area contributed by atoms with E-state index >= 15 is 0 Å². The van der Waals surface area contributed by atoms with Crippen LogP contribution in [-0.4, -0.2) is 60.4 Å². The maximum Gasteiger partial charge on any atom is 0.445 e. The zero-order valence-electron chi connectivity index (χ0n) is 13.5. The Kier molecular flexibility index (Phi) is 4.62. The summed E-state index contributed by atoms with van der Waals surface area (Å²) in [7, 11) is 3.36. The molecule has 25 heavy (non-hydrogen) atoms. The molecule has 1 fully saturated rings. The zero-order valence-corrected chi connectivity index (χ0v) is 14.3. The highest BCUT2D eigenvalue weighted by molar-refractivity contribution is 7.15.